The molecule has 1 aliphatic rings. The molecule has 2 rings (SSSR count). The summed E-state index contributed by atoms with van der Waals surface area (Å²) in [6.07, 6.45) is 1.31. The summed E-state index contributed by atoms with van der Waals surface area (Å²) in [5.74, 6) is -0.838. The number of nitrogens with zero attached hydrogens (tertiary/aromatic N) is 1. The van der Waals surface area contributed by atoms with Crippen molar-refractivity contribution >= 4 is 39.0 Å². The molecule has 0 bridgehead atoms. The number of likely N-dealkylation sites (tertiary alicyclic amines) is 1. The summed E-state index contributed by atoms with van der Waals surface area (Å²) in [6.45, 7) is 1.59. The zero-order valence-electron chi connectivity index (χ0n) is 11.7. The number of hydrogen-bond acceptors (Lipinski definition) is 3. The minimum atomic E-state index is -0.697. The van der Waals surface area contributed by atoms with E-state index in [1.165, 1.54) is 12.1 Å². The topological polar surface area (TPSA) is 58.4 Å². The minimum Gasteiger partial charge on any atom is -0.391 e. The molecule has 0 aromatic heterocycles. The molecule has 0 saturated carbocycles. The van der Waals surface area contributed by atoms with E-state index in [4.69, 9.17) is 18.0 Å². The van der Waals surface area contributed by atoms with Crippen LogP contribution in [0.3, 0.4) is 0 Å². The van der Waals surface area contributed by atoms with Crippen molar-refractivity contribution in [2.24, 2.45) is 5.73 Å². The van der Waals surface area contributed by atoms with Crippen LogP contribution >= 0.6 is 28.1 Å². The van der Waals surface area contributed by atoms with Crippen LogP contribution in [0, 0.1) is 5.82 Å². The molecule has 1 aromatic carbocycles. The van der Waals surface area contributed by atoms with E-state index in [-0.39, 0.29) is 16.5 Å². The molecule has 3 N–H and O–H groups in total. The van der Waals surface area contributed by atoms with Crippen LogP contribution in [0.25, 0.3) is 0 Å². The van der Waals surface area contributed by atoms with Gasteiger partial charge in [0.1, 0.15) is 5.82 Å². The number of benzene rings is 1. The van der Waals surface area contributed by atoms with Gasteiger partial charge in [-0.15, -0.1) is 0 Å². The second-order valence-electron chi connectivity index (χ2n) is 5.36. The molecular formula is C14H17BrFN3OS. The molecule has 21 heavy (non-hydrogen) atoms. The van der Waals surface area contributed by atoms with Crippen LogP contribution in [0.1, 0.15) is 23.2 Å². The predicted octanol–water partition coefficient (Wildman–Crippen LogP) is 2.07. The summed E-state index contributed by atoms with van der Waals surface area (Å²) in [6, 6.07) is 4.07. The first-order valence-electron chi connectivity index (χ1n) is 6.59. The lowest BCUT2D eigenvalue weighted by Crippen LogP contribution is -2.61. The number of carbonyl (C=O) groups is 1. The maximum absolute atomic E-state index is 13.4. The molecule has 1 aromatic rings. The molecule has 1 amide bonds. The SMILES string of the molecule is CN1CCC(NC(=O)c2cc(F)cc(Br)c2)(C(N)=S)CC1. The molecule has 114 valence electrons. The Hall–Kier alpha value is -1.05. The summed E-state index contributed by atoms with van der Waals surface area (Å²) >= 11 is 8.33. The first kappa shape index (κ1) is 16.3. The molecule has 1 fully saturated rings. The number of rotatable bonds is 3. The number of halogens is 2. The van der Waals surface area contributed by atoms with Crippen molar-refractivity contribution in [3.63, 3.8) is 0 Å². The zero-order valence-corrected chi connectivity index (χ0v) is 14.1. The first-order valence-corrected chi connectivity index (χ1v) is 7.79. The maximum Gasteiger partial charge on any atom is 0.252 e. The van der Waals surface area contributed by atoms with Gasteiger partial charge in [0.15, 0.2) is 0 Å². The van der Waals surface area contributed by atoms with Gasteiger partial charge < -0.3 is 16.0 Å². The van der Waals surface area contributed by atoms with Crippen molar-refractivity contribution in [2.75, 3.05) is 20.1 Å². The largest absolute Gasteiger partial charge is 0.391 e. The number of amides is 1. The Bertz CT molecular complexity index is 553. The molecule has 7 heteroatoms. The molecule has 4 nitrogen and oxygen atoms in total. The number of piperidine rings is 1. The Kier molecular flexibility index (Phi) is 4.95. The average molecular weight is 374 g/mol. The highest BCUT2D eigenvalue weighted by Crippen LogP contribution is 2.23. The van der Waals surface area contributed by atoms with E-state index in [0.717, 1.165) is 13.1 Å². The fraction of sp³-hybridized carbons (Fsp3) is 0.429. The minimum absolute atomic E-state index is 0.247. The standard InChI is InChI=1S/C14H17BrFN3OS/c1-19-4-2-14(3-5-19,13(17)21)18-12(20)9-6-10(15)8-11(16)7-9/h6-8H,2-5H2,1H3,(H2,17,21)(H,18,20). The van der Waals surface area contributed by atoms with Gasteiger partial charge in [-0.05, 0) is 38.1 Å². The van der Waals surface area contributed by atoms with Gasteiger partial charge in [0.25, 0.3) is 5.91 Å². The first-order chi connectivity index (χ1) is 9.82. The van der Waals surface area contributed by atoms with Crippen molar-refractivity contribution in [2.45, 2.75) is 18.4 Å². The second kappa shape index (κ2) is 6.37. The number of nitrogens with two attached hydrogens (primary N) is 1. The molecule has 0 aliphatic carbocycles. The Labute approximate surface area is 137 Å². The van der Waals surface area contributed by atoms with Crippen LogP contribution < -0.4 is 11.1 Å². The van der Waals surface area contributed by atoms with Crippen LogP contribution in [-0.2, 0) is 0 Å². The number of thiocarbonyl (C=S) groups is 1. The highest BCUT2D eigenvalue weighted by Gasteiger charge is 2.38. The normalized spacial score (nSPS) is 18.2. The van der Waals surface area contributed by atoms with Crippen molar-refractivity contribution in [1.82, 2.24) is 10.2 Å². The van der Waals surface area contributed by atoms with Crippen LogP contribution in [-0.4, -0.2) is 41.5 Å². The van der Waals surface area contributed by atoms with E-state index in [9.17, 15) is 9.18 Å². The molecule has 0 unspecified atom stereocenters. The molecule has 1 aliphatic heterocycles. The molecule has 0 atom stereocenters. The maximum atomic E-state index is 13.4. The third-order valence-electron chi connectivity index (χ3n) is 3.79. The van der Waals surface area contributed by atoms with Gasteiger partial charge in [-0.2, -0.15) is 0 Å². The van der Waals surface area contributed by atoms with Gasteiger partial charge >= 0.3 is 0 Å². The summed E-state index contributed by atoms with van der Waals surface area (Å²) in [5.41, 5.74) is 5.40. The zero-order chi connectivity index (χ0) is 15.6. The van der Waals surface area contributed by atoms with Gasteiger partial charge in [0.05, 0.1) is 10.5 Å². The van der Waals surface area contributed by atoms with E-state index >= 15 is 0 Å². The van der Waals surface area contributed by atoms with E-state index in [1.807, 2.05) is 7.05 Å². The highest BCUT2D eigenvalue weighted by atomic mass is 79.9. The van der Waals surface area contributed by atoms with Crippen molar-refractivity contribution < 1.29 is 9.18 Å². The predicted molar refractivity (Wildman–Crippen MR) is 87.8 cm³/mol. The van der Waals surface area contributed by atoms with Crippen molar-refractivity contribution in [3.05, 3.63) is 34.1 Å². The summed E-state index contributed by atoms with van der Waals surface area (Å²) in [4.78, 5) is 14.8. The number of nitrogens with one attached hydrogen (secondary N) is 1. The van der Waals surface area contributed by atoms with Crippen LogP contribution in [0.5, 0.6) is 0 Å². The summed E-state index contributed by atoms with van der Waals surface area (Å²) in [5, 5.41) is 2.90. The van der Waals surface area contributed by atoms with Crippen molar-refractivity contribution in [3.8, 4) is 0 Å². The number of hydrogen-bond donors (Lipinski definition) is 2. The van der Waals surface area contributed by atoms with Crippen LogP contribution in [0.4, 0.5) is 4.39 Å². The Balaban J connectivity index is 2.21. The molecule has 1 heterocycles. The van der Waals surface area contributed by atoms with Gasteiger partial charge in [-0.1, -0.05) is 28.1 Å². The van der Waals surface area contributed by atoms with Crippen molar-refractivity contribution in [1.29, 1.82) is 0 Å². The number of carbonyl (C=O) groups excluding carboxylic acids is 1. The average Bonchev–Trinajstić information content (AvgIpc) is 2.40. The van der Waals surface area contributed by atoms with Gasteiger partial charge in [-0.25, -0.2) is 4.39 Å². The van der Waals surface area contributed by atoms with E-state index in [1.54, 1.807) is 6.07 Å². The van der Waals surface area contributed by atoms with Gasteiger partial charge in [0, 0.05) is 23.1 Å². The van der Waals surface area contributed by atoms with Gasteiger partial charge in [-0.3, -0.25) is 4.79 Å². The third kappa shape index (κ3) is 3.78. The lowest BCUT2D eigenvalue weighted by Gasteiger charge is -2.40. The molecule has 0 radical (unpaired) electrons. The smallest absolute Gasteiger partial charge is 0.252 e. The van der Waals surface area contributed by atoms with E-state index in [2.05, 4.69) is 26.1 Å². The molecular weight excluding hydrogens is 357 g/mol. The lowest BCUT2D eigenvalue weighted by atomic mass is 9.87. The summed E-state index contributed by atoms with van der Waals surface area (Å²) in [7, 11) is 2.01. The quantitative estimate of drug-likeness (QED) is 0.796. The lowest BCUT2D eigenvalue weighted by molar-refractivity contribution is 0.0889. The summed E-state index contributed by atoms with van der Waals surface area (Å²) < 4.78 is 13.9. The molecule has 0 spiro atoms. The molecule has 1 saturated heterocycles. The van der Waals surface area contributed by atoms with Crippen LogP contribution in [0.2, 0.25) is 0 Å². The van der Waals surface area contributed by atoms with Crippen LogP contribution in [0.15, 0.2) is 22.7 Å². The monoisotopic (exact) mass is 373 g/mol. The van der Waals surface area contributed by atoms with Gasteiger partial charge in [0.2, 0.25) is 0 Å². The highest BCUT2D eigenvalue weighted by molar-refractivity contribution is 9.10. The fourth-order valence-electron chi connectivity index (χ4n) is 2.41. The van der Waals surface area contributed by atoms with E-state index in [0.29, 0.717) is 17.3 Å². The van der Waals surface area contributed by atoms with E-state index < -0.39 is 11.4 Å². The Morgan fingerprint density at radius 1 is 1.43 bits per heavy atom. The Morgan fingerprint density at radius 2 is 2.05 bits per heavy atom. The third-order valence-corrected chi connectivity index (χ3v) is 4.64. The fourth-order valence-corrected chi connectivity index (χ4v) is 3.13. The second-order valence-corrected chi connectivity index (χ2v) is 6.72. The Morgan fingerprint density at radius 3 is 2.57 bits per heavy atom.